The molecule has 174 valence electrons. The normalized spacial score (nSPS) is 20.3. The number of benzene rings is 2. The van der Waals surface area contributed by atoms with Crippen LogP contribution in [0, 0.1) is 0 Å². The highest BCUT2D eigenvalue weighted by molar-refractivity contribution is 7.89. The molecule has 4 aromatic rings. The minimum absolute atomic E-state index is 0.166. The number of nitrogens with one attached hydrogen (secondary N) is 1. The van der Waals surface area contributed by atoms with E-state index in [4.69, 9.17) is 14.0 Å². The maximum atomic E-state index is 13.2. The fourth-order valence-corrected chi connectivity index (χ4v) is 5.89. The van der Waals surface area contributed by atoms with Crippen molar-refractivity contribution in [3.05, 3.63) is 60.6 Å². The van der Waals surface area contributed by atoms with E-state index in [0.717, 1.165) is 10.9 Å². The minimum Gasteiger partial charge on any atom is -0.454 e. The number of para-hydroxylation sites is 1. The number of aromatic nitrogens is 3. The summed E-state index contributed by atoms with van der Waals surface area (Å²) >= 11 is 0. The average Bonchev–Trinajstić information content (AvgIpc) is 3.57. The highest BCUT2D eigenvalue weighted by Crippen LogP contribution is 2.36. The van der Waals surface area contributed by atoms with Crippen molar-refractivity contribution in [1.82, 2.24) is 24.7 Å². The van der Waals surface area contributed by atoms with Gasteiger partial charge in [-0.25, -0.2) is 13.1 Å². The number of likely N-dealkylation sites (tertiary alicyclic amines) is 1. The SMILES string of the molecule is CN1CC(NS(=O)(=O)c2cccc3cccnc23)CC1c1nc(-c2ccc3c(c2)OCO3)no1. The van der Waals surface area contributed by atoms with E-state index in [0.29, 0.717) is 41.7 Å². The second kappa shape index (κ2) is 8.05. The largest absolute Gasteiger partial charge is 0.454 e. The topological polar surface area (TPSA) is 120 Å². The van der Waals surface area contributed by atoms with Crippen LogP contribution in [0.5, 0.6) is 11.5 Å². The van der Waals surface area contributed by atoms with E-state index in [1.807, 2.05) is 42.3 Å². The lowest BCUT2D eigenvalue weighted by Gasteiger charge is -2.14. The molecule has 2 atom stereocenters. The van der Waals surface area contributed by atoms with Crippen LogP contribution < -0.4 is 14.2 Å². The van der Waals surface area contributed by atoms with Gasteiger partial charge in [-0.3, -0.25) is 9.88 Å². The molecule has 4 heterocycles. The number of nitrogens with zero attached hydrogens (tertiary/aromatic N) is 4. The van der Waals surface area contributed by atoms with Gasteiger partial charge in [0.1, 0.15) is 4.90 Å². The number of hydrogen-bond donors (Lipinski definition) is 1. The molecule has 0 saturated carbocycles. The number of fused-ring (bicyclic) bond motifs is 2. The van der Waals surface area contributed by atoms with E-state index in [2.05, 4.69) is 19.8 Å². The van der Waals surface area contributed by atoms with E-state index in [-0.39, 0.29) is 23.8 Å². The van der Waals surface area contributed by atoms with E-state index >= 15 is 0 Å². The molecule has 1 fully saturated rings. The third-order valence-corrected chi connectivity index (χ3v) is 7.66. The summed E-state index contributed by atoms with van der Waals surface area (Å²) < 4.78 is 45.5. The highest BCUT2D eigenvalue weighted by Gasteiger charge is 2.37. The summed E-state index contributed by atoms with van der Waals surface area (Å²) in [5, 5.41) is 4.89. The zero-order chi connectivity index (χ0) is 23.3. The molecule has 0 spiro atoms. The first kappa shape index (κ1) is 21.0. The van der Waals surface area contributed by atoms with Crippen LogP contribution >= 0.6 is 0 Å². The first-order valence-electron chi connectivity index (χ1n) is 10.8. The first-order chi connectivity index (χ1) is 16.5. The minimum atomic E-state index is -3.77. The van der Waals surface area contributed by atoms with Crippen molar-refractivity contribution in [1.29, 1.82) is 0 Å². The van der Waals surface area contributed by atoms with Crippen molar-refractivity contribution in [3.8, 4) is 22.9 Å². The van der Waals surface area contributed by atoms with Crippen molar-refractivity contribution >= 4 is 20.9 Å². The lowest BCUT2D eigenvalue weighted by molar-refractivity contribution is 0.174. The molecular weight excluding hydrogens is 458 g/mol. The van der Waals surface area contributed by atoms with E-state index in [9.17, 15) is 8.42 Å². The molecule has 6 rings (SSSR count). The predicted octanol–water partition coefficient (Wildman–Crippen LogP) is 2.74. The Morgan fingerprint density at radius 1 is 1.09 bits per heavy atom. The number of sulfonamides is 1. The average molecular weight is 480 g/mol. The number of pyridine rings is 1. The van der Waals surface area contributed by atoms with Crippen molar-refractivity contribution in [2.45, 2.75) is 23.4 Å². The van der Waals surface area contributed by atoms with Crippen molar-refractivity contribution in [2.75, 3.05) is 20.4 Å². The van der Waals surface area contributed by atoms with Gasteiger partial charge in [-0.05, 0) is 43.8 Å². The number of rotatable bonds is 5. The Morgan fingerprint density at radius 2 is 1.94 bits per heavy atom. The molecule has 2 unspecified atom stereocenters. The monoisotopic (exact) mass is 479 g/mol. The Bertz CT molecular complexity index is 1480. The summed E-state index contributed by atoms with van der Waals surface area (Å²) in [6, 6.07) is 13.7. The Labute approximate surface area is 195 Å². The van der Waals surface area contributed by atoms with Crippen LogP contribution in [0.2, 0.25) is 0 Å². The van der Waals surface area contributed by atoms with Crippen molar-refractivity contribution < 1.29 is 22.4 Å². The van der Waals surface area contributed by atoms with Crippen molar-refractivity contribution in [3.63, 3.8) is 0 Å². The van der Waals surface area contributed by atoms with Gasteiger partial charge in [-0.1, -0.05) is 23.4 Å². The van der Waals surface area contributed by atoms with Gasteiger partial charge in [-0.15, -0.1) is 0 Å². The lowest BCUT2D eigenvalue weighted by Crippen LogP contribution is -2.36. The third-order valence-electron chi connectivity index (χ3n) is 6.11. The molecular formula is C23H21N5O5S. The van der Waals surface area contributed by atoms with Gasteiger partial charge >= 0.3 is 0 Å². The van der Waals surface area contributed by atoms with Gasteiger partial charge in [0.05, 0.1) is 11.6 Å². The quantitative estimate of drug-likeness (QED) is 0.461. The molecule has 10 nitrogen and oxygen atoms in total. The smallest absolute Gasteiger partial charge is 0.244 e. The first-order valence-corrected chi connectivity index (χ1v) is 12.3. The van der Waals surface area contributed by atoms with Gasteiger partial charge < -0.3 is 14.0 Å². The maximum Gasteiger partial charge on any atom is 0.244 e. The standard InChI is InChI=1S/C23H21N5O5S/c1-28-12-16(27-34(29,30)20-6-2-4-14-5-3-9-24-21(14)20)11-17(28)23-25-22(26-33-23)15-7-8-18-19(10-15)32-13-31-18/h2-10,16-17,27H,11-13H2,1H3. The molecule has 0 aliphatic carbocycles. The van der Waals surface area contributed by atoms with Crippen LogP contribution in [-0.2, 0) is 10.0 Å². The molecule has 2 aliphatic heterocycles. The van der Waals surface area contributed by atoms with Gasteiger partial charge in [-0.2, -0.15) is 4.98 Å². The maximum absolute atomic E-state index is 13.2. The van der Waals surface area contributed by atoms with Crippen LogP contribution in [0.4, 0.5) is 0 Å². The van der Waals surface area contributed by atoms with Gasteiger partial charge in [0.15, 0.2) is 11.5 Å². The second-order valence-electron chi connectivity index (χ2n) is 8.36. The Balaban J connectivity index is 1.21. The van der Waals surface area contributed by atoms with Gasteiger partial charge in [0.25, 0.3) is 0 Å². The van der Waals surface area contributed by atoms with Gasteiger partial charge in [0.2, 0.25) is 28.5 Å². The Kier molecular flexibility index (Phi) is 4.97. The summed E-state index contributed by atoms with van der Waals surface area (Å²) in [6.45, 7) is 0.694. The fraction of sp³-hybridized carbons (Fsp3) is 0.261. The van der Waals surface area contributed by atoms with E-state index in [1.165, 1.54) is 0 Å². The molecule has 34 heavy (non-hydrogen) atoms. The molecule has 0 amide bonds. The van der Waals surface area contributed by atoms with E-state index < -0.39 is 10.0 Å². The van der Waals surface area contributed by atoms with Crippen molar-refractivity contribution in [2.24, 2.45) is 0 Å². The summed E-state index contributed by atoms with van der Waals surface area (Å²) in [4.78, 5) is 11.0. The highest BCUT2D eigenvalue weighted by atomic mass is 32.2. The van der Waals surface area contributed by atoms with Crippen LogP contribution in [0.25, 0.3) is 22.3 Å². The summed E-state index contributed by atoms with van der Waals surface area (Å²) in [7, 11) is -1.87. The molecule has 1 N–H and O–H groups in total. The molecule has 11 heteroatoms. The number of likely N-dealkylation sites (N-methyl/N-ethyl adjacent to an activating group) is 1. The van der Waals surface area contributed by atoms with E-state index in [1.54, 1.807) is 24.4 Å². The zero-order valence-corrected chi connectivity index (χ0v) is 19.0. The van der Waals surface area contributed by atoms with Crippen LogP contribution in [0.1, 0.15) is 18.4 Å². The van der Waals surface area contributed by atoms with Crippen LogP contribution in [0.3, 0.4) is 0 Å². The number of ether oxygens (including phenoxy) is 2. The third kappa shape index (κ3) is 3.67. The molecule has 0 radical (unpaired) electrons. The zero-order valence-electron chi connectivity index (χ0n) is 18.2. The van der Waals surface area contributed by atoms with Crippen LogP contribution in [0.15, 0.2) is 64.1 Å². The molecule has 2 aromatic heterocycles. The molecule has 0 bridgehead atoms. The lowest BCUT2D eigenvalue weighted by atomic mass is 10.1. The fourth-order valence-electron chi connectivity index (χ4n) is 4.47. The summed E-state index contributed by atoms with van der Waals surface area (Å²) in [5.74, 6) is 2.19. The summed E-state index contributed by atoms with van der Waals surface area (Å²) in [6.07, 6.45) is 2.09. The Hall–Kier alpha value is -3.54. The number of hydrogen-bond acceptors (Lipinski definition) is 9. The molecule has 2 aliphatic rings. The predicted molar refractivity (Wildman–Crippen MR) is 122 cm³/mol. The summed E-state index contributed by atoms with van der Waals surface area (Å²) in [5.41, 5.74) is 1.20. The Morgan fingerprint density at radius 3 is 2.85 bits per heavy atom. The molecule has 1 saturated heterocycles. The van der Waals surface area contributed by atoms with Crippen LogP contribution in [-0.4, -0.2) is 54.9 Å². The molecule has 2 aromatic carbocycles. The second-order valence-corrected chi connectivity index (χ2v) is 10.0. The van der Waals surface area contributed by atoms with Gasteiger partial charge in [0, 0.05) is 29.7 Å².